The number of hydrogen-bond acceptors (Lipinski definition) is 3. The van der Waals surface area contributed by atoms with Gasteiger partial charge in [0.15, 0.2) is 6.20 Å². The molecule has 2 aliphatic heterocycles. The molecular weight excluding hydrogens is 452 g/mol. The van der Waals surface area contributed by atoms with Crippen LogP contribution in [0.4, 0.5) is 13.2 Å². The van der Waals surface area contributed by atoms with Gasteiger partial charge in [-0.15, -0.1) is 0 Å². The monoisotopic (exact) mass is 467 g/mol. The summed E-state index contributed by atoms with van der Waals surface area (Å²) >= 11 is 12.1. The average molecular weight is 468 g/mol. The van der Waals surface area contributed by atoms with Crippen LogP contribution >= 0.6 is 23.2 Å². The van der Waals surface area contributed by atoms with Gasteiger partial charge in [-0.3, -0.25) is 4.79 Å². The number of nitrogens with zero attached hydrogens (tertiary/aromatic N) is 1. The van der Waals surface area contributed by atoms with Gasteiger partial charge in [0.05, 0.1) is 15.7 Å². The fourth-order valence-electron chi connectivity index (χ4n) is 3.41. The lowest BCUT2D eigenvalue weighted by molar-refractivity contribution is -0.401. The number of halogens is 5. The van der Waals surface area contributed by atoms with Gasteiger partial charge in [0, 0.05) is 18.3 Å². The van der Waals surface area contributed by atoms with E-state index in [4.69, 9.17) is 23.2 Å². The lowest BCUT2D eigenvalue weighted by atomic mass is 10.1. The number of rotatable bonds is 4. The zero-order valence-electron chi connectivity index (χ0n) is 15.8. The van der Waals surface area contributed by atoms with Gasteiger partial charge in [-0.1, -0.05) is 41.4 Å². The van der Waals surface area contributed by atoms with Crippen LogP contribution < -0.4 is 15.6 Å². The third kappa shape index (κ3) is 4.26. The summed E-state index contributed by atoms with van der Waals surface area (Å²) in [6.07, 6.45) is 2.96. The second-order valence-electron chi connectivity index (χ2n) is 6.85. The molecule has 0 spiro atoms. The van der Waals surface area contributed by atoms with E-state index < -0.39 is 24.3 Å². The molecule has 1 aromatic heterocycles. The number of nitrogens with one attached hydrogen (secondary N) is 3. The van der Waals surface area contributed by atoms with E-state index in [-0.39, 0.29) is 11.4 Å². The highest BCUT2D eigenvalue weighted by Gasteiger charge is 2.47. The Balaban J connectivity index is 1.64. The molecule has 1 amide bonds. The Morgan fingerprint density at radius 1 is 1.16 bits per heavy atom. The van der Waals surface area contributed by atoms with Gasteiger partial charge in [0.25, 0.3) is 5.91 Å². The Labute approximate surface area is 185 Å². The quantitative estimate of drug-likeness (QED) is 0.699. The van der Waals surface area contributed by atoms with Gasteiger partial charge in [0.1, 0.15) is 11.9 Å². The minimum absolute atomic E-state index is 0.0156. The van der Waals surface area contributed by atoms with Crippen LogP contribution in [-0.4, -0.2) is 17.0 Å². The van der Waals surface area contributed by atoms with Crippen molar-refractivity contribution in [3.63, 3.8) is 0 Å². The first-order valence-electron chi connectivity index (χ1n) is 9.19. The van der Waals surface area contributed by atoms with E-state index in [9.17, 15) is 18.0 Å². The predicted octanol–water partition coefficient (Wildman–Crippen LogP) is 4.43. The van der Waals surface area contributed by atoms with Crippen LogP contribution in [0.1, 0.15) is 23.5 Å². The fraction of sp³-hybridized carbons (Fsp3) is 0.143. The van der Waals surface area contributed by atoms with Crippen molar-refractivity contribution < 1.29 is 22.9 Å². The molecule has 2 aromatic rings. The molecule has 160 valence electrons. The minimum atomic E-state index is -4.69. The zero-order valence-corrected chi connectivity index (χ0v) is 17.3. The normalized spacial score (nSPS) is 18.6. The molecule has 5 nitrogen and oxygen atoms in total. The molecule has 3 N–H and O–H groups in total. The number of H-pyrrole nitrogens is 1. The molecule has 0 radical (unpaired) electrons. The molecule has 2 aliphatic rings. The van der Waals surface area contributed by atoms with Crippen molar-refractivity contribution in [2.45, 2.75) is 18.4 Å². The standard InChI is InChI=1S/C21H15Cl2F3N4O/c22-13-8-7-12(11-14(13)23)19-28-17(16-6-2-4-10-30(16)19)20(31)29-18(21(24,25)26)15-5-1-3-9-27-15/h1-11,18-19,28H,(H,29,31)/p+1. The summed E-state index contributed by atoms with van der Waals surface area (Å²) in [6.45, 7) is 0. The maximum absolute atomic E-state index is 13.7. The molecule has 4 rings (SSSR count). The van der Waals surface area contributed by atoms with Crippen molar-refractivity contribution >= 4 is 29.1 Å². The van der Waals surface area contributed by atoms with Crippen LogP contribution in [-0.2, 0) is 4.79 Å². The number of amides is 1. The highest BCUT2D eigenvalue weighted by Crippen LogP contribution is 2.37. The maximum Gasteiger partial charge on any atom is 0.418 e. The molecule has 0 aliphatic carbocycles. The molecule has 0 fully saturated rings. The summed E-state index contributed by atoms with van der Waals surface area (Å²) in [5.74, 6) is -0.887. The van der Waals surface area contributed by atoms with Gasteiger partial charge < -0.3 is 15.5 Å². The summed E-state index contributed by atoms with van der Waals surface area (Å²) in [4.78, 5) is 17.2. The number of hydrogen-bond donors (Lipinski definition) is 2. The van der Waals surface area contributed by atoms with Gasteiger partial charge in [0.2, 0.25) is 11.7 Å². The molecule has 2 atom stereocenters. The van der Waals surface area contributed by atoms with E-state index in [1.807, 2.05) is 0 Å². The van der Waals surface area contributed by atoms with E-state index in [2.05, 4.69) is 15.6 Å². The minimum Gasteiger partial charge on any atom is -0.355 e. The summed E-state index contributed by atoms with van der Waals surface area (Å²) < 4.78 is 41.0. The number of allylic oxidation sites excluding steroid dienone is 3. The summed E-state index contributed by atoms with van der Waals surface area (Å²) in [5, 5.41) is 5.81. The van der Waals surface area contributed by atoms with Crippen molar-refractivity contribution in [2.24, 2.45) is 0 Å². The van der Waals surface area contributed by atoms with Crippen LogP contribution in [0.15, 0.2) is 78.4 Å². The number of pyridine rings is 1. The molecule has 0 bridgehead atoms. The number of aromatic nitrogens is 1. The van der Waals surface area contributed by atoms with Crippen molar-refractivity contribution in [1.29, 1.82) is 0 Å². The van der Waals surface area contributed by atoms with Gasteiger partial charge >= 0.3 is 6.18 Å². The zero-order chi connectivity index (χ0) is 22.2. The number of aromatic amines is 1. The van der Waals surface area contributed by atoms with Crippen molar-refractivity contribution in [2.75, 3.05) is 0 Å². The number of fused-ring (bicyclic) bond motifs is 1. The van der Waals surface area contributed by atoms with Crippen LogP contribution in [0, 0.1) is 0 Å². The second kappa shape index (κ2) is 8.28. The maximum atomic E-state index is 13.7. The van der Waals surface area contributed by atoms with Crippen molar-refractivity contribution in [3.05, 3.63) is 99.7 Å². The van der Waals surface area contributed by atoms with Crippen LogP contribution in [0.2, 0.25) is 10.0 Å². The Morgan fingerprint density at radius 2 is 1.97 bits per heavy atom. The molecule has 3 heterocycles. The first kappa shape index (κ1) is 21.3. The molecule has 31 heavy (non-hydrogen) atoms. The Hall–Kier alpha value is -2.97. The van der Waals surface area contributed by atoms with Crippen molar-refractivity contribution in [1.82, 2.24) is 15.5 Å². The summed E-state index contributed by atoms with van der Waals surface area (Å²) in [7, 11) is 0. The third-order valence-corrected chi connectivity index (χ3v) is 5.58. The highest BCUT2D eigenvalue weighted by atomic mass is 35.5. The SMILES string of the molecule is O=C(NC(c1cccc[nH+]1)C(F)(F)F)C1=C2C=CC=CN2C(c2ccc(Cl)c(Cl)c2)N1. The molecular formula is C21H16Cl2F3N4O+. The van der Waals surface area contributed by atoms with Crippen LogP contribution in [0.5, 0.6) is 0 Å². The lowest BCUT2D eigenvalue weighted by Gasteiger charge is -2.26. The fourth-order valence-corrected chi connectivity index (χ4v) is 3.71. The predicted molar refractivity (Wildman–Crippen MR) is 109 cm³/mol. The largest absolute Gasteiger partial charge is 0.418 e. The van der Waals surface area contributed by atoms with Crippen molar-refractivity contribution in [3.8, 4) is 0 Å². The van der Waals surface area contributed by atoms with E-state index >= 15 is 0 Å². The number of benzene rings is 1. The number of carbonyl (C=O) groups excluding carboxylic acids is 1. The van der Waals surface area contributed by atoms with E-state index in [1.165, 1.54) is 18.3 Å². The van der Waals surface area contributed by atoms with E-state index in [0.29, 0.717) is 21.3 Å². The van der Waals surface area contributed by atoms with Gasteiger partial charge in [-0.05, 0) is 29.8 Å². The Morgan fingerprint density at radius 3 is 2.65 bits per heavy atom. The highest BCUT2D eigenvalue weighted by molar-refractivity contribution is 6.42. The molecule has 1 aromatic carbocycles. The Kier molecular flexibility index (Phi) is 5.68. The molecule has 0 saturated heterocycles. The third-order valence-electron chi connectivity index (χ3n) is 4.84. The number of alkyl halides is 3. The summed E-state index contributed by atoms with van der Waals surface area (Å²) in [5.41, 5.74) is 0.971. The summed E-state index contributed by atoms with van der Waals surface area (Å²) in [6, 6.07) is 7.08. The van der Waals surface area contributed by atoms with E-state index in [0.717, 1.165) is 0 Å². The smallest absolute Gasteiger partial charge is 0.355 e. The molecule has 0 saturated carbocycles. The Bertz CT molecular complexity index is 1100. The van der Waals surface area contributed by atoms with Crippen LogP contribution in [0.3, 0.4) is 0 Å². The molecule has 10 heteroatoms. The lowest BCUT2D eigenvalue weighted by Crippen LogP contribution is -2.43. The first-order valence-corrected chi connectivity index (χ1v) is 9.94. The second-order valence-corrected chi connectivity index (χ2v) is 7.67. The topological polar surface area (TPSA) is 58.5 Å². The first-order chi connectivity index (χ1) is 14.8. The van der Waals surface area contributed by atoms with Crippen LogP contribution in [0.25, 0.3) is 0 Å². The average Bonchev–Trinajstić information content (AvgIpc) is 3.13. The van der Waals surface area contributed by atoms with Gasteiger partial charge in [-0.2, -0.15) is 13.2 Å². The molecule has 2 unspecified atom stereocenters. The van der Waals surface area contributed by atoms with E-state index in [1.54, 1.807) is 53.6 Å². The number of carbonyl (C=O) groups is 1. The van der Waals surface area contributed by atoms with Gasteiger partial charge in [-0.25, -0.2) is 4.98 Å².